The van der Waals surface area contributed by atoms with Crippen molar-refractivity contribution in [2.45, 2.75) is 16.5 Å². The zero-order valence-corrected chi connectivity index (χ0v) is 18.7. The van der Waals surface area contributed by atoms with E-state index in [1.165, 1.54) is 0 Å². The van der Waals surface area contributed by atoms with Gasteiger partial charge in [0.25, 0.3) is 0 Å². The first-order chi connectivity index (χ1) is 16.0. The minimum absolute atomic E-state index is 0.249. The summed E-state index contributed by atoms with van der Waals surface area (Å²) >= 11 is -4.61. The molecule has 0 aliphatic carbocycles. The first-order valence-electron chi connectivity index (χ1n) is 8.19. The van der Waals surface area contributed by atoms with Gasteiger partial charge in [-0.25, -0.2) is 8.42 Å². The van der Waals surface area contributed by atoms with Crippen LogP contribution in [0, 0.1) is 31.9 Å². The van der Waals surface area contributed by atoms with E-state index in [4.69, 9.17) is 13.0 Å². The molecule has 3 rings (SSSR count). The predicted octanol–water partition coefficient (Wildman–Crippen LogP) is 5.00. The Hall–Kier alpha value is -3.03. The first-order valence-corrected chi connectivity index (χ1v) is 12.2. The topological polar surface area (TPSA) is 143 Å². The molecule has 0 saturated carbocycles. The number of nitrogens with zero attached hydrogens (tertiary/aromatic N) is 2. The van der Waals surface area contributed by atoms with Gasteiger partial charge in [0.15, 0.2) is 10.1 Å². The third kappa shape index (κ3) is 5.22. The summed E-state index contributed by atoms with van der Waals surface area (Å²) in [6.07, 6.45) is -6.09. The van der Waals surface area contributed by atoms with E-state index in [0.717, 1.165) is 0 Å². The van der Waals surface area contributed by atoms with Gasteiger partial charge in [-0.05, 0) is 0 Å². The summed E-state index contributed by atoms with van der Waals surface area (Å²) in [7, 11) is -6.09. The monoisotopic (exact) mass is 626 g/mol. The van der Waals surface area contributed by atoms with Crippen LogP contribution in [0.2, 0.25) is 0 Å². The molecule has 36 heavy (non-hydrogen) atoms. The van der Waals surface area contributed by atoms with Gasteiger partial charge in [0, 0.05) is 0 Å². The normalized spacial score (nSPS) is 13.0. The van der Waals surface area contributed by atoms with Crippen LogP contribution >= 0.6 is 0 Å². The second kappa shape index (κ2) is 9.12. The van der Waals surface area contributed by atoms with Gasteiger partial charge >= 0.3 is 157 Å². The van der Waals surface area contributed by atoms with E-state index in [9.17, 15) is 64.1 Å². The molecule has 0 atom stereocenters. The van der Waals surface area contributed by atoms with Gasteiger partial charge < -0.3 is 4.55 Å². The average molecular weight is 625 g/mol. The van der Waals surface area contributed by atoms with Gasteiger partial charge in [0.1, 0.15) is 0 Å². The third-order valence-electron chi connectivity index (χ3n) is 4.09. The van der Waals surface area contributed by atoms with Crippen LogP contribution in [-0.4, -0.2) is 47.9 Å². The maximum atomic E-state index is 14.3. The molecule has 198 valence electrons. The van der Waals surface area contributed by atoms with Crippen molar-refractivity contribution in [3.8, 4) is 0 Å². The number of nitro benzene ring substituents is 2. The number of nitro groups is 2. The fourth-order valence-electron chi connectivity index (χ4n) is 2.63. The number of halogens is 10. The second-order valence-corrected chi connectivity index (χ2v) is 11.9. The van der Waals surface area contributed by atoms with Crippen LogP contribution in [0.25, 0.3) is 19.3 Å². The molecule has 0 spiro atoms. The Labute approximate surface area is 194 Å². The molecule has 0 fully saturated rings. The van der Waals surface area contributed by atoms with Crippen LogP contribution in [0.15, 0.2) is 24.3 Å². The third-order valence-corrected chi connectivity index (χ3v) is 9.48. The van der Waals surface area contributed by atoms with Crippen LogP contribution in [0.1, 0.15) is 0 Å². The number of hydrogen-bond donors (Lipinski definition) is 0. The molecule has 0 radical (unpaired) electrons. The van der Waals surface area contributed by atoms with Crippen LogP contribution in [0.5, 0.6) is 0 Å². The van der Waals surface area contributed by atoms with Crippen molar-refractivity contribution in [3.63, 3.8) is 0 Å². The van der Waals surface area contributed by atoms with Crippen LogP contribution in [0.3, 0.4) is 0 Å². The Balaban J connectivity index is 0.000000493. The summed E-state index contributed by atoms with van der Waals surface area (Å²) < 4.78 is 153. The SMILES string of the molecule is O=S(=O)([O-])C(F)(F)F.O=[N+]([O-])c1cc2c(cc1F)c1cc(F)c([N+](=O)[O-])cc1[se+]2C(F)(F)C(F)(F)F. The van der Waals surface area contributed by atoms with Gasteiger partial charge in [-0.2, -0.15) is 13.2 Å². The summed E-state index contributed by atoms with van der Waals surface area (Å²) in [5.41, 5.74) is -8.32. The van der Waals surface area contributed by atoms with E-state index in [1.54, 1.807) is 0 Å². The molecule has 1 heterocycles. The Bertz CT molecular complexity index is 1420. The molecule has 21 heteroatoms. The average Bonchev–Trinajstić information content (AvgIpc) is 2.97. The minimum atomic E-state index is -6.09. The first kappa shape index (κ1) is 29.2. The Morgan fingerprint density at radius 3 is 1.25 bits per heavy atom. The molecule has 0 unspecified atom stereocenters. The van der Waals surface area contributed by atoms with Crippen molar-refractivity contribution in [1.82, 2.24) is 0 Å². The van der Waals surface area contributed by atoms with Gasteiger partial charge in [0.2, 0.25) is 0 Å². The second-order valence-electron chi connectivity index (χ2n) is 6.33. The van der Waals surface area contributed by atoms with Gasteiger partial charge in [-0.1, -0.05) is 0 Å². The summed E-state index contributed by atoms with van der Waals surface area (Å²) in [6, 6.07) is 1.21. The van der Waals surface area contributed by atoms with E-state index in [1.807, 2.05) is 0 Å². The van der Waals surface area contributed by atoms with Gasteiger partial charge in [-0.3, -0.25) is 0 Å². The van der Waals surface area contributed by atoms with Gasteiger partial charge in [0.05, 0.1) is 0 Å². The summed E-state index contributed by atoms with van der Waals surface area (Å²) in [5.74, 6) is -3.06. The van der Waals surface area contributed by atoms with Crippen molar-refractivity contribution in [3.05, 3.63) is 56.1 Å². The molecular formula is C15H4F10N2O7SSe. The molecule has 0 N–H and O–H groups in total. The molecular weight excluding hydrogens is 621 g/mol. The standard InChI is InChI=1S/C14H4F7N2O4Se.CHF3O3S/c15-7-1-5-6-2-8(16)10(23(26)27)4-12(6)28(14(20,21)13(17,18)19)11(5)3-9(7)22(24)25;2-1(3,4)8(5,6)7/h1-4H;(H,5,6,7)/q+1;/p-1. The number of fused-ring (bicyclic) bond motifs is 3. The Morgan fingerprint density at radius 1 is 0.722 bits per heavy atom. The number of alkyl halides is 8. The molecule has 1 aromatic heterocycles. The van der Waals surface area contributed by atoms with Gasteiger partial charge in [-0.15, -0.1) is 0 Å². The molecule has 0 saturated heterocycles. The molecule has 0 aliphatic heterocycles. The van der Waals surface area contributed by atoms with Crippen molar-refractivity contribution in [1.29, 1.82) is 0 Å². The molecule has 0 aliphatic rings. The van der Waals surface area contributed by atoms with E-state index >= 15 is 0 Å². The van der Waals surface area contributed by atoms with E-state index < -0.39 is 92.2 Å². The summed E-state index contributed by atoms with van der Waals surface area (Å²) in [6.45, 7) is 0. The fourth-order valence-corrected chi connectivity index (χ4v) is 7.37. The van der Waals surface area contributed by atoms with Crippen molar-refractivity contribution >= 4 is 54.2 Å². The van der Waals surface area contributed by atoms with Crippen LogP contribution in [-0.2, 0) is 14.9 Å². The van der Waals surface area contributed by atoms with Crippen molar-refractivity contribution in [2.75, 3.05) is 0 Å². The molecule has 2 aromatic carbocycles. The van der Waals surface area contributed by atoms with Crippen LogP contribution < -0.4 is 0 Å². The summed E-state index contributed by atoms with van der Waals surface area (Å²) in [5, 5.41) is 20.5. The molecule has 3 aromatic rings. The summed E-state index contributed by atoms with van der Waals surface area (Å²) in [4.78, 5) is 13.7. The Morgan fingerprint density at radius 2 is 1.03 bits per heavy atom. The quantitative estimate of drug-likeness (QED) is 0.0996. The zero-order chi connectivity index (χ0) is 28.2. The molecule has 0 bridgehead atoms. The molecule has 9 nitrogen and oxygen atoms in total. The van der Waals surface area contributed by atoms with Crippen molar-refractivity contribution < 1.29 is 66.7 Å². The van der Waals surface area contributed by atoms with E-state index in [0.29, 0.717) is 12.1 Å². The number of rotatable bonds is 3. The fraction of sp³-hybridized carbons (Fsp3) is 0.200. The maximum absolute atomic E-state index is 14.3. The number of benzene rings is 2. The van der Waals surface area contributed by atoms with E-state index in [-0.39, 0.29) is 12.1 Å². The Kier molecular flexibility index (Phi) is 7.40. The molecule has 0 amide bonds. The predicted molar refractivity (Wildman–Crippen MR) is 98.2 cm³/mol. The van der Waals surface area contributed by atoms with Crippen LogP contribution in [0.4, 0.5) is 55.3 Å². The zero-order valence-electron chi connectivity index (χ0n) is 16.2. The van der Waals surface area contributed by atoms with Crippen molar-refractivity contribution in [2.24, 2.45) is 0 Å². The van der Waals surface area contributed by atoms with E-state index in [2.05, 4.69) is 0 Å². The number of hydrogen-bond acceptors (Lipinski definition) is 7.